The van der Waals surface area contributed by atoms with Crippen molar-refractivity contribution < 1.29 is 39.0 Å². The van der Waals surface area contributed by atoms with Crippen molar-refractivity contribution in [3.05, 3.63) is 0 Å². The van der Waals surface area contributed by atoms with Crippen LogP contribution in [0, 0.1) is 23.2 Å². The second kappa shape index (κ2) is 10.0. The number of nitrogens with two attached hydrogens (primary N) is 2. The molecular formula is C30H49N2O7+. The molecule has 0 amide bonds. The van der Waals surface area contributed by atoms with Gasteiger partial charge in [0, 0.05) is 31.6 Å². The largest absolute Gasteiger partial charge is 0.457 e. The fraction of sp³-hybridized carbons (Fsp3) is 0.933. The zero-order chi connectivity index (χ0) is 27.7. The first-order valence-electron chi connectivity index (χ1n) is 15.4. The van der Waals surface area contributed by atoms with Crippen LogP contribution in [0.3, 0.4) is 0 Å². The molecule has 6 rings (SSSR count). The zero-order valence-electron chi connectivity index (χ0n) is 24.1. The molecule has 9 heteroatoms. The third-order valence-electron chi connectivity index (χ3n) is 11.3. The molecule has 6 fully saturated rings. The van der Waals surface area contributed by atoms with E-state index in [0.717, 1.165) is 19.4 Å². The van der Waals surface area contributed by atoms with Gasteiger partial charge in [0.1, 0.15) is 18.1 Å². The number of quaternary nitrogens is 1. The van der Waals surface area contributed by atoms with Crippen LogP contribution < -0.4 is 11.1 Å². The molecule has 39 heavy (non-hydrogen) atoms. The number of rotatable bonds is 5. The lowest BCUT2D eigenvalue weighted by molar-refractivity contribution is -0.700. The van der Waals surface area contributed by atoms with Crippen LogP contribution in [0.15, 0.2) is 0 Å². The number of aliphatic hydroxyl groups is 1. The van der Waals surface area contributed by atoms with Crippen LogP contribution >= 0.6 is 0 Å². The number of hydrogen-bond acceptors (Lipinski definition) is 8. The summed E-state index contributed by atoms with van der Waals surface area (Å²) in [6.45, 7) is 8.72. The molecule has 2 saturated carbocycles. The minimum atomic E-state index is -0.953. The number of carbonyl (C=O) groups is 2. The van der Waals surface area contributed by atoms with Gasteiger partial charge in [0.2, 0.25) is 0 Å². The molecule has 0 radical (unpaired) electrons. The Morgan fingerprint density at radius 3 is 2.59 bits per heavy atom. The Kier molecular flexibility index (Phi) is 7.20. The predicted octanol–water partition coefficient (Wildman–Crippen LogP) is 1.58. The number of carbonyl (C=O) groups excluding carboxylic acids is 2. The summed E-state index contributed by atoms with van der Waals surface area (Å²) in [4.78, 5) is 26.4. The SMILES string of the molecule is CC1CC(=O)C2C(CC3OC(C)(C)[C@H](OC(=O)[C@@]4(C)O[C@@H]4CC4(C5CC[NH2+]C(N)C5)CCCC4)CC3C2O)O1. The molecule has 5 N–H and O–H groups in total. The van der Waals surface area contributed by atoms with Gasteiger partial charge in [-0.25, -0.2) is 4.79 Å². The van der Waals surface area contributed by atoms with Crippen LogP contribution in [0.1, 0.15) is 91.9 Å². The highest BCUT2D eigenvalue weighted by Gasteiger charge is 2.64. The Bertz CT molecular complexity index is 967. The van der Waals surface area contributed by atoms with Gasteiger partial charge in [-0.2, -0.15) is 0 Å². The number of ketones is 1. The monoisotopic (exact) mass is 549 g/mol. The summed E-state index contributed by atoms with van der Waals surface area (Å²) < 4.78 is 24.8. The van der Waals surface area contributed by atoms with Crippen molar-refractivity contribution in [3.63, 3.8) is 0 Å². The number of fused-ring (bicyclic) bond motifs is 2. The molecule has 0 bridgehead atoms. The van der Waals surface area contributed by atoms with E-state index in [1.165, 1.54) is 32.1 Å². The van der Waals surface area contributed by atoms with E-state index in [2.05, 4.69) is 5.32 Å². The van der Waals surface area contributed by atoms with Crippen LogP contribution in [0.2, 0.25) is 0 Å². The fourth-order valence-electron chi connectivity index (χ4n) is 8.94. The molecule has 4 saturated heterocycles. The maximum atomic E-state index is 13.6. The molecule has 0 spiro atoms. The van der Waals surface area contributed by atoms with Gasteiger partial charge in [0.15, 0.2) is 5.60 Å². The third-order valence-corrected chi connectivity index (χ3v) is 11.3. The quantitative estimate of drug-likeness (QED) is 0.347. The summed E-state index contributed by atoms with van der Waals surface area (Å²) in [7, 11) is 0. The van der Waals surface area contributed by atoms with Crippen molar-refractivity contribution in [1.82, 2.24) is 0 Å². The summed E-state index contributed by atoms with van der Waals surface area (Å²) in [5, 5.41) is 13.5. The zero-order valence-corrected chi connectivity index (χ0v) is 24.1. The summed E-state index contributed by atoms with van der Waals surface area (Å²) >= 11 is 0. The second-order valence-corrected chi connectivity index (χ2v) is 14.4. The lowest BCUT2D eigenvalue weighted by Gasteiger charge is -2.53. The van der Waals surface area contributed by atoms with Crippen molar-refractivity contribution in [2.45, 2.75) is 146 Å². The van der Waals surface area contributed by atoms with Crippen molar-refractivity contribution >= 4 is 11.8 Å². The van der Waals surface area contributed by atoms with Gasteiger partial charge < -0.3 is 29.4 Å². The fourth-order valence-corrected chi connectivity index (χ4v) is 8.94. The summed E-state index contributed by atoms with van der Waals surface area (Å²) in [6, 6.07) is 0. The van der Waals surface area contributed by atoms with Crippen molar-refractivity contribution in [2.24, 2.45) is 28.9 Å². The van der Waals surface area contributed by atoms with Gasteiger partial charge in [0.25, 0.3) is 0 Å². The summed E-state index contributed by atoms with van der Waals surface area (Å²) in [6.07, 6.45) is 7.17. The predicted molar refractivity (Wildman–Crippen MR) is 141 cm³/mol. The minimum absolute atomic E-state index is 0.0578. The van der Waals surface area contributed by atoms with Gasteiger partial charge in [-0.3, -0.25) is 10.5 Å². The van der Waals surface area contributed by atoms with Crippen molar-refractivity contribution in [1.29, 1.82) is 0 Å². The Morgan fingerprint density at radius 2 is 1.87 bits per heavy atom. The van der Waals surface area contributed by atoms with Gasteiger partial charge >= 0.3 is 5.97 Å². The first-order valence-corrected chi connectivity index (χ1v) is 15.4. The smallest absolute Gasteiger partial charge is 0.341 e. The van der Waals surface area contributed by atoms with Gasteiger partial charge in [-0.05, 0) is 64.7 Å². The minimum Gasteiger partial charge on any atom is -0.457 e. The molecule has 220 valence electrons. The normalized spacial score (nSPS) is 48.6. The van der Waals surface area contributed by atoms with Gasteiger partial charge in [0.05, 0.1) is 48.6 Å². The van der Waals surface area contributed by atoms with Crippen LogP contribution in [0.5, 0.6) is 0 Å². The molecule has 9 nitrogen and oxygen atoms in total. The molecular weight excluding hydrogens is 500 g/mol. The van der Waals surface area contributed by atoms with E-state index < -0.39 is 29.3 Å². The van der Waals surface area contributed by atoms with Crippen LogP contribution in [-0.2, 0) is 28.5 Å². The maximum absolute atomic E-state index is 13.6. The number of esters is 1. The molecule has 4 aliphatic heterocycles. The number of ether oxygens (including phenoxy) is 4. The Labute approximate surface area is 232 Å². The number of epoxide rings is 1. The van der Waals surface area contributed by atoms with Crippen molar-refractivity contribution in [2.75, 3.05) is 6.54 Å². The van der Waals surface area contributed by atoms with Crippen LogP contribution in [-0.4, -0.2) is 77.4 Å². The van der Waals surface area contributed by atoms with E-state index >= 15 is 0 Å². The highest BCUT2D eigenvalue weighted by Crippen LogP contribution is 2.56. The molecule has 8 unspecified atom stereocenters. The van der Waals surface area contributed by atoms with E-state index in [0.29, 0.717) is 25.2 Å². The Hall–Kier alpha value is -1.10. The lowest BCUT2D eigenvalue weighted by Crippen LogP contribution is -2.95. The number of Topliss-reactive ketones (excluding diaryl/α,β-unsaturated/α-hetero) is 1. The highest BCUT2D eigenvalue weighted by atomic mass is 16.7. The standard InChI is InChI=1S/C30H48N2O7/c1-16-11-19(33)25-21(36-16)14-20-18(26(25)34)13-22(28(2,3)38-20)37-27(35)29(4)23(39-29)15-30(8-5-6-9-30)17-7-10-32-24(31)12-17/h16-18,20-26,32,34H,5-15,31H2,1-4H3/p+1/t16?,17?,18?,20?,21?,22-,23-,24?,25?,26?,29+/m1/s1. The van der Waals surface area contributed by atoms with Gasteiger partial charge in [-0.15, -0.1) is 0 Å². The number of aliphatic hydroxyl groups excluding tert-OH is 1. The molecule has 0 aromatic rings. The molecule has 2 aliphatic carbocycles. The molecule has 0 aromatic heterocycles. The van der Waals surface area contributed by atoms with Crippen molar-refractivity contribution in [3.8, 4) is 0 Å². The van der Waals surface area contributed by atoms with E-state index in [1.807, 2.05) is 27.7 Å². The highest BCUT2D eigenvalue weighted by molar-refractivity contribution is 5.84. The van der Waals surface area contributed by atoms with Crippen LogP contribution in [0.25, 0.3) is 0 Å². The molecule has 4 heterocycles. The van der Waals surface area contributed by atoms with Crippen LogP contribution in [0.4, 0.5) is 0 Å². The summed E-state index contributed by atoms with van der Waals surface area (Å²) in [5.74, 6) is -0.523. The molecule has 6 aliphatic rings. The number of hydrogen-bond donors (Lipinski definition) is 3. The average molecular weight is 550 g/mol. The van der Waals surface area contributed by atoms with E-state index in [9.17, 15) is 14.7 Å². The third kappa shape index (κ3) is 4.99. The maximum Gasteiger partial charge on any atom is 0.341 e. The van der Waals surface area contributed by atoms with E-state index in [1.54, 1.807) is 0 Å². The Balaban J connectivity index is 1.11. The molecule has 11 atom stereocenters. The van der Waals surface area contributed by atoms with Gasteiger partial charge in [-0.1, -0.05) is 12.8 Å². The first kappa shape index (κ1) is 28.0. The second-order valence-electron chi connectivity index (χ2n) is 14.4. The van der Waals surface area contributed by atoms with E-state index in [-0.39, 0.29) is 53.7 Å². The lowest BCUT2D eigenvalue weighted by atomic mass is 9.66. The summed E-state index contributed by atoms with van der Waals surface area (Å²) in [5.41, 5.74) is 4.84. The first-order chi connectivity index (χ1) is 18.4. The van der Waals surface area contributed by atoms with E-state index in [4.69, 9.17) is 24.7 Å². The average Bonchev–Trinajstić information content (AvgIpc) is 3.27. The Morgan fingerprint density at radius 1 is 1.13 bits per heavy atom. The topological polar surface area (TPSA) is 137 Å². The number of piperidine rings is 1. The molecule has 0 aromatic carbocycles.